The Hall–Kier alpha value is -3.70. The summed E-state index contributed by atoms with van der Waals surface area (Å²) in [7, 11) is 0. The minimum Gasteiger partial charge on any atom is -0.435 e. The molecule has 4 heterocycles. The first-order valence-electron chi connectivity index (χ1n) is 11.8. The van der Waals surface area contributed by atoms with Crippen molar-refractivity contribution in [2.45, 2.75) is 44.0 Å². The van der Waals surface area contributed by atoms with Crippen LogP contribution in [0.1, 0.15) is 43.1 Å². The molecule has 1 saturated heterocycles. The molecule has 0 bridgehead atoms. The smallest absolute Gasteiger partial charge is 0.387 e. The molecule has 2 atom stereocenters. The van der Waals surface area contributed by atoms with Gasteiger partial charge in [-0.15, -0.1) is 0 Å². The minimum atomic E-state index is -3.00. The highest BCUT2D eigenvalue weighted by atomic mass is 19.3. The van der Waals surface area contributed by atoms with Gasteiger partial charge in [0.05, 0.1) is 30.1 Å². The highest BCUT2D eigenvalue weighted by molar-refractivity contribution is 5.66. The highest BCUT2D eigenvalue weighted by Gasteiger charge is 2.45. The van der Waals surface area contributed by atoms with Crippen molar-refractivity contribution in [1.82, 2.24) is 19.4 Å². The van der Waals surface area contributed by atoms with Crippen LogP contribution in [-0.2, 0) is 5.60 Å². The van der Waals surface area contributed by atoms with Crippen LogP contribution in [0.4, 0.5) is 19.1 Å². The lowest BCUT2D eigenvalue weighted by Gasteiger charge is -2.44. The molecule has 8 nitrogen and oxygen atoms in total. The lowest BCUT2D eigenvalue weighted by molar-refractivity contribution is -0.0506. The molecule has 37 heavy (non-hydrogen) atoms. The van der Waals surface area contributed by atoms with E-state index in [0.29, 0.717) is 41.6 Å². The summed E-state index contributed by atoms with van der Waals surface area (Å²) in [6.45, 7) is 1.15. The van der Waals surface area contributed by atoms with Crippen LogP contribution in [-0.4, -0.2) is 54.9 Å². The second kappa shape index (κ2) is 8.15. The van der Waals surface area contributed by atoms with Crippen molar-refractivity contribution in [2.24, 2.45) is 0 Å². The number of aliphatic hydroxyl groups is 2. The lowest BCUT2D eigenvalue weighted by Crippen LogP contribution is -2.60. The number of aromatic nitrogens is 4. The van der Waals surface area contributed by atoms with E-state index in [1.54, 1.807) is 42.6 Å². The van der Waals surface area contributed by atoms with Crippen molar-refractivity contribution >= 4 is 11.6 Å². The number of para-hydroxylation sites is 1. The second-order valence-corrected chi connectivity index (χ2v) is 10.2. The number of hydrogen-bond acceptors (Lipinski definition) is 7. The maximum Gasteiger partial charge on any atom is 0.387 e. The van der Waals surface area contributed by atoms with Gasteiger partial charge in [0.25, 0.3) is 0 Å². The third kappa shape index (κ3) is 3.98. The SMILES string of the molecule is CC1(O)CN(c2ncc(-c3cn4c5c(nc4cc3F)[C@](C)(O)C[C@@H]5c3ccccc3OC(F)F)cn2)C1. The number of ether oxygens (including phenoxy) is 1. The van der Waals surface area contributed by atoms with E-state index in [2.05, 4.69) is 15.0 Å². The van der Waals surface area contributed by atoms with Gasteiger partial charge in [0, 0.05) is 47.3 Å². The zero-order valence-electron chi connectivity index (χ0n) is 20.1. The van der Waals surface area contributed by atoms with Gasteiger partial charge in [0.2, 0.25) is 5.95 Å². The number of imidazole rings is 1. The average Bonchev–Trinajstić information content (AvgIpc) is 3.31. The van der Waals surface area contributed by atoms with Crippen LogP contribution >= 0.6 is 0 Å². The summed E-state index contributed by atoms with van der Waals surface area (Å²) in [4.78, 5) is 15.0. The number of rotatable bonds is 5. The second-order valence-electron chi connectivity index (χ2n) is 10.2. The Balaban J connectivity index is 1.43. The van der Waals surface area contributed by atoms with Crippen LogP contribution in [0.15, 0.2) is 48.9 Å². The predicted molar refractivity (Wildman–Crippen MR) is 128 cm³/mol. The van der Waals surface area contributed by atoms with Crippen LogP contribution in [0.2, 0.25) is 0 Å². The van der Waals surface area contributed by atoms with Gasteiger partial charge in [-0.25, -0.2) is 19.3 Å². The molecule has 2 N–H and O–H groups in total. The van der Waals surface area contributed by atoms with Gasteiger partial charge in [-0.3, -0.25) is 0 Å². The Morgan fingerprint density at radius 2 is 1.81 bits per heavy atom. The fraction of sp³-hybridized carbons (Fsp3) is 0.346. The Labute approximate surface area is 210 Å². The summed E-state index contributed by atoms with van der Waals surface area (Å²) < 4.78 is 47.8. The zero-order chi connectivity index (χ0) is 26.1. The lowest BCUT2D eigenvalue weighted by atomic mass is 9.93. The molecule has 11 heteroatoms. The molecule has 0 saturated carbocycles. The van der Waals surface area contributed by atoms with Crippen molar-refractivity contribution < 1.29 is 28.1 Å². The fourth-order valence-corrected chi connectivity index (χ4v) is 5.39. The first-order valence-corrected chi connectivity index (χ1v) is 11.8. The van der Waals surface area contributed by atoms with Crippen molar-refractivity contribution in [2.75, 3.05) is 18.0 Å². The predicted octanol–water partition coefficient (Wildman–Crippen LogP) is 3.85. The number of hydrogen-bond donors (Lipinski definition) is 2. The van der Waals surface area contributed by atoms with E-state index in [4.69, 9.17) is 4.74 Å². The molecule has 6 rings (SSSR count). The maximum absolute atomic E-state index is 15.2. The summed E-state index contributed by atoms with van der Waals surface area (Å²) >= 11 is 0. The van der Waals surface area contributed by atoms with Gasteiger partial charge in [-0.2, -0.15) is 8.78 Å². The quantitative estimate of drug-likeness (QED) is 0.420. The van der Waals surface area contributed by atoms with Gasteiger partial charge >= 0.3 is 6.61 Å². The van der Waals surface area contributed by atoms with E-state index >= 15 is 4.39 Å². The van der Waals surface area contributed by atoms with Crippen molar-refractivity contribution in [3.8, 4) is 16.9 Å². The first-order chi connectivity index (χ1) is 17.5. The minimum absolute atomic E-state index is 0.0115. The molecule has 4 aromatic rings. The third-order valence-corrected chi connectivity index (χ3v) is 6.99. The summed E-state index contributed by atoms with van der Waals surface area (Å²) in [6.07, 6.45) is 4.78. The third-order valence-electron chi connectivity index (χ3n) is 6.99. The van der Waals surface area contributed by atoms with E-state index in [1.807, 2.05) is 4.90 Å². The molecule has 0 unspecified atom stereocenters. The average molecular weight is 512 g/mol. The summed E-state index contributed by atoms with van der Waals surface area (Å²) in [5.41, 5.74) is 0.208. The topological polar surface area (TPSA) is 96.0 Å². The molecular weight excluding hydrogens is 487 g/mol. The largest absolute Gasteiger partial charge is 0.435 e. The Kier molecular flexibility index (Phi) is 5.22. The van der Waals surface area contributed by atoms with Crippen LogP contribution in [0, 0.1) is 5.82 Å². The standard InChI is InChI=1S/C26H24F3N5O3/c1-25(35)12-33(13-25)24-30-9-14(10-31-24)17-11-34-20(7-18(17)27)32-22-21(34)16(8-26(22,2)36)15-5-3-4-6-19(15)37-23(28)29/h3-7,9-11,16,23,35-36H,8,12-13H2,1-2H3/t16-,26-/m1/s1. The normalized spacial score (nSPS) is 22.4. The van der Waals surface area contributed by atoms with Crippen LogP contribution in [0.3, 0.4) is 0 Å². The van der Waals surface area contributed by atoms with Gasteiger partial charge < -0.3 is 24.3 Å². The number of fused-ring (bicyclic) bond motifs is 3. The van der Waals surface area contributed by atoms with Crippen molar-refractivity contribution in [1.29, 1.82) is 0 Å². The number of halogens is 3. The Morgan fingerprint density at radius 3 is 2.49 bits per heavy atom. The number of nitrogens with zero attached hydrogens (tertiary/aromatic N) is 5. The number of alkyl halides is 2. The van der Waals surface area contributed by atoms with Gasteiger partial charge in [-0.1, -0.05) is 18.2 Å². The van der Waals surface area contributed by atoms with Crippen molar-refractivity contribution in [3.63, 3.8) is 0 Å². The summed E-state index contributed by atoms with van der Waals surface area (Å²) in [6, 6.07) is 7.71. The van der Waals surface area contributed by atoms with Crippen LogP contribution < -0.4 is 9.64 Å². The molecule has 0 spiro atoms. The molecule has 0 amide bonds. The molecular formula is C26H24F3N5O3. The maximum atomic E-state index is 15.2. The molecule has 3 aromatic heterocycles. The first kappa shape index (κ1) is 23.7. The van der Waals surface area contributed by atoms with Gasteiger partial charge in [0.15, 0.2) is 0 Å². The Bertz CT molecular complexity index is 1500. The summed E-state index contributed by atoms with van der Waals surface area (Å²) in [5.74, 6) is -0.618. The molecule has 2 aliphatic rings. The number of pyridine rings is 1. The molecule has 1 aliphatic heterocycles. The molecule has 1 aromatic carbocycles. The highest BCUT2D eigenvalue weighted by Crippen LogP contribution is 2.49. The monoisotopic (exact) mass is 511 g/mol. The fourth-order valence-electron chi connectivity index (χ4n) is 5.39. The number of anilines is 1. The van der Waals surface area contributed by atoms with Gasteiger partial charge in [0.1, 0.15) is 22.8 Å². The van der Waals surface area contributed by atoms with Crippen LogP contribution in [0.5, 0.6) is 5.75 Å². The summed E-state index contributed by atoms with van der Waals surface area (Å²) in [5, 5.41) is 21.1. The molecule has 1 fully saturated rings. The number of benzene rings is 1. The van der Waals surface area contributed by atoms with E-state index in [-0.39, 0.29) is 23.4 Å². The zero-order valence-corrected chi connectivity index (χ0v) is 20.1. The van der Waals surface area contributed by atoms with E-state index in [0.717, 1.165) is 0 Å². The molecule has 1 aliphatic carbocycles. The van der Waals surface area contributed by atoms with Crippen LogP contribution in [0.25, 0.3) is 16.8 Å². The van der Waals surface area contributed by atoms with Crippen molar-refractivity contribution in [3.05, 3.63) is 71.7 Å². The van der Waals surface area contributed by atoms with Gasteiger partial charge in [-0.05, 0) is 26.3 Å². The molecule has 0 radical (unpaired) electrons. The van der Waals surface area contributed by atoms with E-state index in [9.17, 15) is 19.0 Å². The number of β-amino-alcohol motifs (C(OH)–C–C–N with tert-alkyl or cyclic N) is 1. The molecule has 192 valence electrons. The van der Waals surface area contributed by atoms with E-state index in [1.165, 1.54) is 24.5 Å². The van der Waals surface area contributed by atoms with E-state index < -0.39 is 29.5 Å². The Morgan fingerprint density at radius 1 is 1.11 bits per heavy atom.